The van der Waals surface area contributed by atoms with Gasteiger partial charge in [0.2, 0.25) is 0 Å². The minimum atomic E-state index is -0.928. The summed E-state index contributed by atoms with van der Waals surface area (Å²) in [4.78, 5) is 14.2. The number of ether oxygens (including phenoxy) is 1. The fraction of sp³-hybridized carbons (Fsp3) is 0.278. The Hall–Kier alpha value is -2.14. The summed E-state index contributed by atoms with van der Waals surface area (Å²) in [5, 5.41) is 0.588. The molecule has 1 aliphatic rings. The lowest BCUT2D eigenvalue weighted by atomic mass is 10.1. The summed E-state index contributed by atoms with van der Waals surface area (Å²) in [7, 11) is 0. The van der Waals surface area contributed by atoms with Crippen LogP contribution in [0.4, 0.5) is 8.78 Å². The molecule has 2 aromatic carbocycles. The number of nitrogens with zero attached hydrogens (tertiary/aromatic N) is 1. The number of likely N-dealkylation sites (tertiary alicyclic amines) is 1. The van der Waals surface area contributed by atoms with Crippen molar-refractivity contribution in [2.24, 2.45) is 0 Å². The molecule has 1 amide bonds. The maximum Gasteiger partial charge on any atom is 0.253 e. The standard InChI is InChI=1S/C18H16ClF2NO2/c19-13-3-1-12(2-4-13)18(23)22-9-7-14(8-10-22)24-15-5-6-16(20)17(21)11-15/h1-6,11,14H,7-10H2. The van der Waals surface area contributed by atoms with E-state index < -0.39 is 11.6 Å². The molecule has 1 saturated heterocycles. The van der Waals surface area contributed by atoms with E-state index in [1.807, 2.05) is 0 Å². The van der Waals surface area contributed by atoms with Crippen molar-refractivity contribution < 1.29 is 18.3 Å². The van der Waals surface area contributed by atoms with Crippen LogP contribution >= 0.6 is 11.6 Å². The molecule has 0 radical (unpaired) electrons. The lowest BCUT2D eigenvalue weighted by Gasteiger charge is -2.32. The molecule has 0 aliphatic carbocycles. The molecule has 0 spiro atoms. The Bertz CT molecular complexity index is 728. The molecule has 2 aromatic rings. The molecule has 1 fully saturated rings. The van der Waals surface area contributed by atoms with E-state index in [4.69, 9.17) is 16.3 Å². The van der Waals surface area contributed by atoms with Crippen LogP contribution in [0.1, 0.15) is 23.2 Å². The van der Waals surface area contributed by atoms with Crippen molar-refractivity contribution >= 4 is 17.5 Å². The largest absolute Gasteiger partial charge is 0.490 e. The Morgan fingerprint density at radius 3 is 2.33 bits per heavy atom. The zero-order chi connectivity index (χ0) is 17.1. The van der Waals surface area contributed by atoms with Crippen molar-refractivity contribution in [3.63, 3.8) is 0 Å². The van der Waals surface area contributed by atoms with E-state index in [2.05, 4.69) is 0 Å². The number of amides is 1. The molecule has 3 nitrogen and oxygen atoms in total. The lowest BCUT2D eigenvalue weighted by Crippen LogP contribution is -2.41. The predicted octanol–water partition coefficient (Wildman–Crippen LogP) is 4.30. The van der Waals surface area contributed by atoms with Gasteiger partial charge >= 0.3 is 0 Å². The second kappa shape index (κ2) is 7.18. The summed E-state index contributed by atoms with van der Waals surface area (Å²) < 4.78 is 31.8. The van der Waals surface area contributed by atoms with E-state index in [9.17, 15) is 13.6 Å². The van der Waals surface area contributed by atoms with Crippen LogP contribution in [-0.4, -0.2) is 30.0 Å². The summed E-state index contributed by atoms with van der Waals surface area (Å²) in [6, 6.07) is 10.3. The zero-order valence-corrected chi connectivity index (χ0v) is 13.6. The maximum absolute atomic E-state index is 13.2. The fourth-order valence-corrected chi connectivity index (χ4v) is 2.82. The molecule has 1 heterocycles. The fourth-order valence-electron chi connectivity index (χ4n) is 2.69. The minimum absolute atomic E-state index is 0.0436. The number of halogens is 3. The van der Waals surface area contributed by atoms with E-state index >= 15 is 0 Å². The van der Waals surface area contributed by atoms with E-state index in [0.29, 0.717) is 42.3 Å². The van der Waals surface area contributed by atoms with Crippen LogP contribution in [0.15, 0.2) is 42.5 Å². The minimum Gasteiger partial charge on any atom is -0.490 e. The summed E-state index contributed by atoms with van der Waals surface area (Å²) in [6.07, 6.45) is 1.15. The van der Waals surface area contributed by atoms with Gasteiger partial charge in [0.15, 0.2) is 11.6 Å². The third-order valence-corrected chi connectivity index (χ3v) is 4.27. The van der Waals surface area contributed by atoms with Crippen molar-refractivity contribution in [1.82, 2.24) is 4.90 Å². The summed E-state index contributed by atoms with van der Waals surface area (Å²) >= 11 is 5.83. The van der Waals surface area contributed by atoms with Crippen molar-refractivity contribution in [3.05, 3.63) is 64.7 Å². The molecule has 0 aromatic heterocycles. The van der Waals surface area contributed by atoms with Gasteiger partial charge in [0, 0.05) is 42.6 Å². The Morgan fingerprint density at radius 2 is 1.71 bits per heavy atom. The van der Waals surface area contributed by atoms with Crippen molar-refractivity contribution in [2.45, 2.75) is 18.9 Å². The second-order valence-electron chi connectivity index (χ2n) is 5.69. The summed E-state index contributed by atoms with van der Waals surface area (Å²) in [5.74, 6) is -1.57. The molecule has 0 bridgehead atoms. The second-order valence-corrected chi connectivity index (χ2v) is 6.13. The molecule has 1 aliphatic heterocycles. The van der Waals surface area contributed by atoms with E-state index in [0.717, 1.165) is 12.1 Å². The van der Waals surface area contributed by atoms with Gasteiger partial charge in [-0.1, -0.05) is 11.6 Å². The molecule has 0 N–H and O–H groups in total. The smallest absolute Gasteiger partial charge is 0.253 e. The predicted molar refractivity (Wildman–Crippen MR) is 87.4 cm³/mol. The average Bonchev–Trinajstić information content (AvgIpc) is 2.59. The van der Waals surface area contributed by atoms with Gasteiger partial charge in [-0.3, -0.25) is 4.79 Å². The lowest BCUT2D eigenvalue weighted by molar-refractivity contribution is 0.0595. The van der Waals surface area contributed by atoms with Gasteiger partial charge < -0.3 is 9.64 Å². The van der Waals surface area contributed by atoms with Crippen LogP contribution in [0, 0.1) is 11.6 Å². The average molecular weight is 352 g/mol. The molecule has 3 rings (SSSR count). The van der Waals surface area contributed by atoms with Gasteiger partial charge in [-0.25, -0.2) is 8.78 Å². The number of carbonyl (C=O) groups is 1. The van der Waals surface area contributed by atoms with Gasteiger partial charge in [-0.15, -0.1) is 0 Å². The Kier molecular flexibility index (Phi) is 5.00. The van der Waals surface area contributed by atoms with Gasteiger partial charge in [0.25, 0.3) is 5.91 Å². The van der Waals surface area contributed by atoms with Crippen LogP contribution in [0.2, 0.25) is 5.02 Å². The summed E-state index contributed by atoms with van der Waals surface area (Å²) in [6.45, 7) is 1.10. The third kappa shape index (κ3) is 3.85. The van der Waals surface area contributed by atoms with E-state index in [1.54, 1.807) is 29.2 Å². The molecule has 24 heavy (non-hydrogen) atoms. The van der Waals surface area contributed by atoms with Gasteiger partial charge in [0.05, 0.1) is 0 Å². The highest BCUT2D eigenvalue weighted by atomic mass is 35.5. The number of benzene rings is 2. The molecular weight excluding hydrogens is 336 g/mol. The Balaban J connectivity index is 1.56. The molecule has 126 valence electrons. The van der Waals surface area contributed by atoms with Crippen molar-refractivity contribution in [2.75, 3.05) is 13.1 Å². The normalized spacial score (nSPS) is 15.4. The van der Waals surface area contributed by atoms with Gasteiger partial charge in [-0.2, -0.15) is 0 Å². The molecule has 0 atom stereocenters. The monoisotopic (exact) mass is 351 g/mol. The first-order valence-electron chi connectivity index (χ1n) is 7.69. The number of piperidine rings is 1. The molecule has 0 unspecified atom stereocenters. The first-order chi connectivity index (χ1) is 11.5. The first kappa shape index (κ1) is 16.7. The van der Waals surface area contributed by atoms with E-state index in [1.165, 1.54) is 6.07 Å². The van der Waals surface area contributed by atoms with Crippen LogP contribution < -0.4 is 4.74 Å². The number of rotatable bonds is 3. The van der Waals surface area contributed by atoms with Crippen LogP contribution in [-0.2, 0) is 0 Å². The molecular formula is C18H16ClF2NO2. The highest BCUT2D eigenvalue weighted by molar-refractivity contribution is 6.30. The quantitative estimate of drug-likeness (QED) is 0.825. The topological polar surface area (TPSA) is 29.5 Å². The Morgan fingerprint density at radius 1 is 1.04 bits per heavy atom. The van der Waals surface area contributed by atoms with Gasteiger partial charge in [0.1, 0.15) is 11.9 Å². The maximum atomic E-state index is 13.2. The SMILES string of the molecule is O=C(c1ccc(Cl)cc1)N1CCC(Oc2ccc(F)c(F)c2)CC1. The van der Waals surface area contributed by atoms with Crippen molar-refractivity contribution in [1.29, 1.82) is 0 Å². The number of hydrogen-bond acceptors (Lipinski definition) is 2. The van der Waals surface area contributed by atoms with E-state index in [-0.39, 0.29) is 12.0 Å². The number of hydrogen-bond donors (Lipinski definition) is 0. The Labute approximate surface area is 143 Å². The van der Waals surface area contributed by atoms with Crippen molar-refractivity contribution in [3.8, 4) is 5.75 Å². The third-order valence-electron chi connectivity index (χ3n) is 4.01. The molecule has 0 saturated carbocycles. The van der Waals surface area contributed by atoms with Crippen LogP contribution in [0.25, 0.3) is 0 Å². The first-order valence-corrected chi connectivity index (χ1v) is 8.07. The molecule has 6 heteroatoms. The zero-order valence-electron chi connectivity index (χ0n) is 12.8. The highest BCUT2D eigenvalue weighted by Gasteiger charge is 2.24. The van der Waals surface area contributed by atoms with Crippen LogP contribution in [0.5, 0.6) is 5.75 Å². The highest BCUT2D eigenvalue weighted by Crippen LogP contribution is 2.22. The van der Waals surface area contributed by atoms with Crippen LogP contribution in [0.3, 0.4) is 0 Å². The summed E-state index contributed by atoms with van der Waals surface area (Å²) in [5.41, 5.74) is 0.597. The van der Waals surface area contributed by atoms with Gasteiger partial charge in [-0.05, 0) is 36.4 Å². The number of carbonyl (C=O) groups excluding carboxylic acids is 1.